The van der Waals surface area contributed by atoms with Gasteiger partial charge in [-0.25, -0.2) is 0 Å². The zero-order chi connectivity index (χ0) is 22.6. The molecule has 0 fully saturated rings. The molecule has 1 aliphatic rings. The van der Waals surface area contributed by atoms with Crippen molar-refractivity contribution in [1.29, 1.82) is 0 Å². The van der Waals surface area contributed by atoms with Crippen molar-refractivity contribution >= 4 is 40.1 Å². The normalized spacial score (nSPS) is 15.4. The predicted octanol–water partition coefficient (Wildman–Crippen LogP) is 6.46. The topological polar surface area (TPSA) is 50.5 Å². The van der Waals surface area contributed by atoms with Gasteiger partial charge in [-0.15, -0.1) is 0 Å². The summed E-state index contributed by atoms with van der Waals surface area (Å²) in [6, 6.07) is 17.6. The Labute approximate surface area is 195 Å². The predicted molar refractivity (Wildman–Crippen MR) is 127 cm³/mol. The van der Waals surface area contributed by atoms with E-state index in [0.717, 1.165) is 22.3 Å². The van der Waals surface area contributed by atoms with Crippen molar-refractivity contribution < 1.29 is 9.21 Å². The smallest absolute Gasteiger partial charge is 0.291 e. The van der Waals surface area contributed by atoms with Crippen molar-refractivity contribution in [3.63, 3.8) is 0 Å². The van der Waals surface area contributed by atoms with E-state index in [1.807, 2.05) is 56.3 Å². The molecule has 0 radical (unpaired) electrons. The maximum absolute atomic E-state index is 13.7. The summed E-state index contributed by atoms with van der Waals surface area (Å²) in [4.78, 5) is 28.8. The minimum atomic E-state index is -0.603. The molecule has 4 nitrogen and oxygen atoms in total. The maximum Gasteiger partial charge on any atom is 0.291 e. The Balaban J connectivity index is 1.75. The highest BCUT2D eigenvalue weighted by molar-refractivity contribution is 6.31. The third-order valence-corrected chi connectivity index (χ3v) is 6.69. The number of amides is 1. The number of fused-ring (bicyclic) bond motifs is 2. The number of hydrogen-bond donors (Lipinski definition) is 0. The van der Waals surface area contributed by atoms with E-state index >= 15 is 0 Å². The molecule has 1 atom stereocenters. The van der Waals surface area contributed by atoms with Gasteiger partial charge in [0.15, 0.2) is 5.43 Å². The van der Waals surface area contributed by atoms with Gasteiger partial charge in [0.05, 0.1) is 17.0 Å². The zero-order valence-corrected chi connectivity index (χ0v) is 19.0. The number of nitrogens with zero attached hydrogens (tertiary/aromatic N) is 1. The first-order valence-corrected chi connectivity index (χ1v) is 11.0. The zero-order valence-electron chi connectivity index (χ0n) is 17.5. The van der Waals surface area contributed by atoms with E-state index in [1.165, 1.54) is 0 Å². The third-order valence-electron chi connectivity index (χ3n) is 6.07. The number of carbonyl (C=O) groups is 1. The quantitative estimate of drug-likeness (QED) is 0.350. The third kappa shape index (κ3) is 3.31. The van der Waals surface area contributed by atoms with Crippen LogP contribution in [0, 0.1) is 13.8 Å². The Morgan fingerprint density at radius 3 is 2.34 bits per heavy atom. The molecule has 6 heteroatoms. The first-order valence-electron chi connectivity index (χ1n) is 10.2. The Kier molecular flexibility index (Phi) is 5.07. The van der Waals surface area contributed by atoms with E-state index in [2.05, 4.69) is 0 Å². The summed E-state index contributed by atoms with van der Waals surface area (Å²) in [5.41, 5.74) is 4.12. The van der Waals surface area contributed by atoms with Crippen LogP contribution in [0.1, 0.15) is 44.4 Å². The van der Waals surface area contributed by atoms with Gasteiger partial charge in [-0.05, 0) is 66.4 Å². The molecule has 0 saturated heterocycles. The van der Waals surface area contributed by atoms with Crippen molar-refractivity contribution in [2.75, 3.05) is 0 Å². The van der Waals surface area contributed by atoms with Crippen LogP contribution in [0.4, 0.5) is 0 Å². The van der Waals surface area contributed by atoms with Gasteiger partial charge in [-0.3, -0.25) is 9.59 Å². The van der Waals surface area contributed by atoms with Crippen LogP contribution in [-0.2, 0) is 6.54 Å². The first kappa shape index (κ1) is 20.8. The summed E-state index contributed by atoms with van der Waals surface area (Å²) < 4.78 is 6.06. The molecule has 0 saturated carbocycles. The fourth-order valence-electron chi connectivity index (χ4n) is 4.24. The van der Waals surface area contributed by atoms with E-state index in [9.17, 15) is 9.59 Å². The van der Waals surface area contributed by atoms with Crippen LogP contribution in [0.15, 0.2) is 69.9 Å². The molecule has 32 heavy (non-hydrogen) atoms. The fourth-order valence-corrected chi connectivity index (χ4v) is 4.56. The minimum Gasteiger partial charge on any atom is -0.450 e. The van der Waals surface area contributed by atoms with Crippen molar-refractivity contribution in [1.82, 2.24) is 4.90 Å². The number of hydrogen-bond acceptors (Lipinski definition) is 3. The second kappa shape index (κ2) is 7.80. The number of carbonyl (C=O) groups excluding carboxylic acids is 1. The molecule has 0 spiro atoms. The average Bonchev–Trinajstić information content (AvgIpc) is 3.04. The monoisotopic (exact) mass is 463 g/mol. The Morgan fingerprint density at radius 1 is 0.938 bits per heavy atom. The van der Waals surface area contributed by atoms with Crippen LogP contribution in [0.2, 0.25) is 10.0 Å². The van der Waals surface area contributed by atoms with Crippen LogP contribution < -0.4 is 5.43 Å². The molecule has 3 aromatic carbocycles. The van der Waals surface area contributed by atoms with Crippen LogP contribution in [0.25, 0.3) is 11.0 Å². The molecule has 1 amide bonds. The molecular weight excluding hydrogens is 445 g/mol. The van der Waals surface area contributed by atoms with Gasteiger partial charge >= 0.3 is 0 Å². The van der Waals surface area contributed by atoms with E-state index in [-0.39, 0.29) is 23.6 Å². The Bertz CT molecular complexity index is 1440. The van der Waals surface area contributed by atoms with Gasteiger partial charge < -0.3 is 9.32 Å². The van der Waals surface area contributed by atoms with Gasteiger partial charge in [0.1, 0.15) is 5.58 Å². The van der Waals surface area contributed by atoms with Crippen LogP contribution >= 0.6 is 23.2 Å². The van der Waals surface area contributed by atoms with E-state index < -0.39 is 6.04 Å². The Morgan fingerprint density at radius 2 is 1.62 bits per heavy atom. The van der Waals surface area contributed by atoms with Gasteiger partial charge in [0, 0.05) is 16.6 Å². The summed E-state index contributed by atoms with van der Waals surface area (Å²) in [6.45, 7) is 4.14. The summed E-state index contributed by atoms with van der Waals surface area (Å²) in [5.74, 6) is -0.255. The average molecular weight is 464 g/mol. The van der Waals surface area contributed by atoms with Gasteiger partial charge in [-0.1, -0.05) is 53.5 Å². The van der Waals surface area contributed by atoms with Crippen LogP contribution in [0.3, 0.4) is 0 Å². The van der Waals surface area contributed by atoms with Gasteiger partial charge in [0.2, 0.25) is 5.76 Å². The lowest BCUT2D eigenvalue weighted by Crippen LogP contribution is -2.29. The highest BCUT2D eigenvalue weighted by Crippen LogP contribution is 2.40. The number of benzene rings is 3. The molecule has 0 bridgehead atoms. The first-order chi connectivity index (χ1) is 15.3. The molecule has 1 unspecified atom stereocenters. The lowest BCUT2D eigenvalue weighted by Gasteiger charge is -2.25. The van der Waals surface area contributed by atoms with Crippen LogP contribution in [0.5, 0.6) is 0 Å². The lowest BCUT2D eigenvalue weighted by atomic mass is 9.97. The van der Waals surface area contributed by atoms with E-state index in [0.29, 0.717) is 26.6 Å². The second-order valence-electron chi connectivity index (χ2n) is 8.09. The molecule has 2 heterocycles. The Hall–Kier alpha value is -3.08. The molecule has 5 rings (SSSR count). The van der Waals surface area contributed by atoms with Crippen molar-refractivity contribution in [2.45, 2.75) is 26.4 Å². The lowest BCUT2D eigenvalue weighted by molar-refractivity contribution is 0.0714. The van der Waals surface area contributed by atoms with Crippen LogP contribution in [-0.4, -0.2) is 10.8 Å². The fraction of sp³-hybridized carbons (Fsp3) is 0.154. The summed E-state index contributed by atoms with van der Waals surface area (Å²) in [6.07, 6.45) is 0. The number of rotatable bonds is 3. The van der Waals surface area contributed by atoms with Crippen molar-refractivity contribution in [3.05, 3.63) is 115 Å². The number of halogens is 2. The van der Waals surface area contributed by atoms with Gasteiger partial charge in [-0.2, -0.15) is 0 Å². The second-order valence-corrected chi connectivity index (χ2v) is 8.93. The van der Waals surface area contributed by atoms with Crippen molar-refractivity contribution in [3.8, 4) is 0 Å². The molecular formula is C26H19Cl2NO3. The highest BCUT2D eigenvalue weighted by atomic mass is 35.5. The molecule has 0 aliphatic carbocycles. The molecule has 1 aliphatic heterocycles. The molecule has 160 valence electrons. The standard InChI is InChI=1S/C26H19Cl2NO3/c1-14-11-19-21(12-15(14)2)32-25-22(24(19)30)23(16-7-9-18(27)10-8-16)29(26(25)31)13-17-5-3-4-6-20(17)28/h3-12,23H,13H2,1-2H3. The minimum absolute atomic E-state index is 0.0813. The number of aryl methyl sites for hydroxylation is 2. The summed E-state index contributed by atoms with van der Waals surface area (Å²) >= 11 is 12.5. The summed E-state index contributed by atoms with van der Waals surface area (Å²) in [5, 5.41) is 1.60. The van der Waals surface area contributed by atoms with Crippen molar-refractivity contribution in [2.24, 2.45) is 0 Å². The molecule has 0 N–H and O–H groups in total. The van der Waals surface area contributed by atoms with Gasteiger partial charge in [0.25, 0.3) is 5.91 Å². The molecule has 1 aromatic heterocycles. The maximum atomic E-state index is 13.7. The molecule has 4 aromatic rings. The van der Waals surface area contributed by atoms with E-state index in [1.54, 1.807) is 23.1 Å². The largest absolute Gasteiger partial charge is 0.450 e. The van der Waals surface area contributed by atoms with E-state index in [4.69, 9.17) is 27.6 Å². The highest BCUT2D eigenvalue weighted by Gasteiger charge is 2.42. The summed E-state index contributed by atoms with van der Waals surface area (Å²) in [7, 11) is 0. The SMILES string of the molecule is Cc1cc2oc3c(c(=O)c2cc1C)C(c1ccc(Cl)cc1)N(Cc1ccccc1Cl)C3=O.